The van der Waals surface area contributed by atoms with E-state index in [1.54, 1.807) is 0 Å². The molecular weight excluding hydrogens is 284 g/mol. The van der Waals surface area contributed by atoms with Crippen molar-refractivity contribution in [2.45, 2.75) is 51.1 Å². The van der Waals surface area contributed by atoms with Crippen molar-refractivity contribution in [1.29, 1.82) is 0 Å². The zero-order valence-electron chi connectivity index (χ0n) is 12.7. The molecule has 0 unspecified atom stereocenters. The average Bonchev–Trinajstić information content (AvgIpc) is 2.48. The number of aryl methyl sites for hydroxylation is 1. The minimum atomic E-state index is -3.18. The second kappa shape index (κ2) is 7.92. The smallest absolute Gasteiger partial charge is 0.212 e. The van der Waals surface area contributed by atoms with Gasteiger partial charge in [-0.1, -0.05) is 37.3 Å². The van der Waals surface area contributed by atoms with Crippen molar-refractivity contribution in [1.82, 2.24) is 10.0 Å². The fourth-order valence-corrected chi connectivity index (χ4v) is 4.28. The van der Waals surface area contributed by atoms with Gasteiger partial charge in [0.05, 0.1) is 5.75 Å². The van der Waals surface area contributed by atoms with Crippen LogP contribution in [0.1, 0.15) is 38.2 Å². The van der Waals surface area contributed by atoms with Gasteiger partial charge >= 0.3 is 0 Å². The summed E-state index contributed by atoms with van der Waals surface area (Å²) in [5, 5.41) is 3.44. The fourth-order valence-electron chi connectivity index (χ4n) is 2.91. The van der Waals surface area contributed by atoms with E-state index < -0.39 is 10.0 Å². The fraction of sp³-hybridized carbons (Fsp3) is 0.625. The third kappa shape index (κ3) is 5.77. The Morgan fingerprint density at radius 1 is 1.05 bits per heavy atom. The van der Waals surface area contributed by atoms with Crippen molar-refractivity contribution in [3.05, 3.63) is 35.9 Å². The molecule has 2 N–H and O–H groups in total. The Hall–Kier alpha value is -0.910. The van der Waals surface area contributed by atoms with E-state index in [2.05, 4.69) is 17.0 Å². The van der Waals surface area contributed by atoms with Gasteiger partial charge in [0, 0.05) is 12.1 Å². The van der Waals surface area contributed by atoms with Crippen molar-refractivity contribution in [2.75, 3.05) is 12.3 Å². The Kier molecular flexibility index (Phi) is 6.21. The lowest BCUT2D eigenvalue weighted by Crippen LogP contribution is -2.43. The first-order chi connectivity index (χ1) is 10.1. The predicted octanol–water partition coefficient (Wildman–Crippen LogP) is 2.07. The molecule has 118 valence electrons. The third-order valence-corrected chi connectivity index (χ3v) is 5.50. The molecule has 1 aromatic carbocycles. The molecular formula is C16H26N2O2S. The number of nitrogens with one attached hydrogen (secondary N) is 2. The maximum atomic E-state index is 12.2. The number of sulfonamides is 1. The molecule has 0 atom stereocenters. The van der Waals surface area contributed by atoms with Crippen LogP contribution in [0.25, 0.3) is 0 Å². The molecule has 1 fully saturated rings. The maximum absolute atomic E-state index is 12.2. The highest BCUT2D eigenvalue weighted by molar-refractivity contribution is 7.89. The van der Waals surface area contributed by atoms with Crippen LogP contribution < -0.4 is 10.0 Å². The highest BCUT2D eigenvalue weighted by Gasteiger charge is 2.24. The molecule has 1 aliphatic rings. The molecule has 1 aliphatic carbocycles. The van der Waals surface area contributed by atoms with Crippen molar-refractivity contribution in [2.24, 2.45) is 0 Å². The maximum Gasteiger partial charge on any atom is 0.212 e. The summed E-state index contributed by atoms with van der Waals surface area (Å²) in [4.78, 5) is 0. The van der Waals surface area contributed by atoms with Crippen molar-refractivity contribution < 1.29 is 8.42 Å². The van der Waals surface area contributed by atoms with Crippen molar-refractivity contribution in [3.8, 4) is 0 Å². The predicted molar refractivity (Wildman–Crippen MR) is 86.8 cm³/mol. The zero-order chi connectivity index (χ0) is 15.1. The number of benzene rings is 1. The lowest BCUT2D eigenvalue weighted by atomic mass is 9.92. The summed E-state index contributed by atoms with van der Waals surface area (Å²) in [6.45, 7) is 3.09. The van der Waals surface area contributed by atoms with E-state index in [4.69, 9.17) is 0 Å². The van der Waals surface area contributed by atoms with Crippen molar-refractivity contribution in [3.63, 3.8) is 0 Å². The third-order valence-electron chi connectivity index (χ3n) is 4.07. The minimum absolute atomic E-state index is 0.112. The second-order valence-corrected chi connectivity index (χ2v) is 7.65. The summed E-state index contributed by atoms with van der Waals surface area (Å²) >= 11 is 0. The van der Waals surface area contributed by atoms with Crippen LogP contribution in [-0.2, 0) is 16.4 Å². The van der Waals surface area contributed by atoms with E-state index in [9.17, 15) is 8.42 Å². The molecule has 0 radical (unpaired) electrons. The van der Waals surface area contributed by atoms with Gasteiger partial charge < -0.3 is 5.32 Å². The van der Waals surface area contributed by atoms with Gasteiger partial charge in [0.1, 0.15) is 0 Å². The van der Waals surface area contributed by atoms with E-state index in [-0.39, 0.29) is 11.8 Å². The van der Waals surface area contributed by atoms with Gasteiger partial charge in [0.2, 0.25) is 10.0 Å². The summed E-state index contributed by atoms with van der Waals surface area (Å²) < 4.78 is 27.2. The normalized spacial score (nSPS) is 23.1. The molecule has 1 saturated carbocycles. The number of hydrogen-bond donors (Lipinski definition) is 2. The van der Waals surface area contributed by atoms with Crippen LogP contribution in [0.15, 0.2) is 30.3 Å². The van der Waals surface area contributed by atoms with Crippen LogP contribution >= 0.6 is 0 Å². The Bertz CT molecular complexity index is 508. The Morgan fingerprint density at radius 2 is 1.67 bits per heavy atom. The van der Waals surface area contributed by atoms with Gasteiger partial charge in [0.25, 0.3) is 0 Å². The first-order valence-electron chi connectivity index (χ1n) is 7.86. The van der Waals surface area contributed by atoms with Crippen LogP contribution in [0.2, 0.25) is 0 Å². The number of hydrogen-bond acceptors (Lipinski definition) is 3. The standard InChI is InChI=1S/C16H26N2O2S/c1-2-17-15-8-10-16(11-9-15)18-21(19,20)13-12-14-6-4-3-5-7-14/h3-7,15-18H,2,8-13H2,1H3. The van der Waals surface area contributed by atoms with Crippen LogP contribution in [0.5, 0.6) is 0 Å². The summed E-state index contributed by atoms with van der Waals surface area (Å²) in [5.41, 5.74) is 1.07. The van der Waals surface area contributed by atoms with E-state index in [1.165, 1.54) is 0 Å². The lowest BCUT2D eigenvalue weighted by Gasteiger charge is -2.29. The summed E-state index contributed by atoms with van der Waals surface area (Å²) in [6.07, 6.45) is 4.55. The highest BCUT2D eigenvalue weighted by atomic mass is 32.2. The van der Waals surface area contributed by atoms with Gasteiger partial charge in [0.15, 0.2) is 0 Å². The molecule has 21 heavy (non-hydrogen) atoms. The van der Waals surface area contributed by atoms with Crippen LogP contribution in [0.4, 0.5) is 0 Å². The highest BCUT2D eigenvalue weighted by Crippen LogP contribution is 2.19. The van der Waals surface area contributed by atoms with E-state index in [1.807, 2.05) is 30.3 Å². The molecule has 4 nitrogen and oxygen atoms in total. The van der Waals surface area contributed by atoms with Gasteiger partial charge in [-0.05, 0) is 44.2 Å². The zero-order valence-corrected chi connectivity index (χ0v) is 13.5. The second-order valence-electron chi connectivity index (χ2n) is 5.78. The van der Waals surface area contributed by atoms with Gasteiger partial charge in [-0.2, -0.15) is 0 Å². The molecule has 0 spiro atoms. The monoisotopic (exact) mass is 310 g/mol. The first-order valence-corrected chi connectivity index (χ1v) is 9.51. The quantitative estimate of drug-likeness (QED) is 0.810. The molecule has 0 bridgehead atoms. The van der Waals surface area contributed by atoms with E-state index in [0.29, 0.717) is 12.5 Å². The number of rotatable bonds is 7. The van der Waals surface area contributed by atoms with Crippen molar-refractivity contribution >= 4 is 10.0 Å². The molecule has 0 aliphatic heterocycles. The summed E-state index contributed by atoms with van der Waals surface area (Å²) in [6, 6.07) is 10.4. The van der Waals surface area contributed by atoms with Gasteiger partial charge in [-0.15, -0.1) is 0 Å². The van der Waals surface area contributed by atoms with E-state index in [0.717, 1.165) is 37.8 Å². The molecule has 1 aromatic rings. The molecule has 5 heteroatoms. The molecule has 0 heterocycles. The van der Waals surface area contributed by atoms with Crippen LogP contribution in [0.3, 0.4) is 0 Å². The molecule has 0 aromatic heterocycles. The molecule has 2 rings (SSSR count). The Labute approximate surface area is 128 Å². The SMILES string of the molecule is CCNC1CCC(NS(=O)(=O)CCc2ccccc2)CC1. The minimum Gasteiger partial charge on any atom is -0.314 e. The topological polar surface area (TPSA) is 58.2 Å². The molecule has 0 amide bonds. The van der Waals surface area contributed by atoms with Gasteiger partial charge in [-0.25, -0.2) is 13.1 Å². The van der Waals surface area contributed by atoms with E-state index >= 15 is 0 Å². The first kappa shape index (κ1) is 16.5. The lowest BCUT2D eigenvalue weighted by molar-refractivity contribution is 0.333. The summed E-state index contributed by atoms with van der Waals surface area (Å²) in [5.74, 6) is 0.171. The largest absolute Gasteiger partial charge is 0.314 e. The Balaban J connectivity index is 1.76. The van der Waals surface area contributed by atoms with Crippen LogP contribution in [0, 0.1) is 0 Å². The average molecular weight is 310 g/mol. The van der Waals surface area contributed by atoms with Crippen LogP contribution in [-0.4, -0.2) is 32.8 Å². The van der Waals surface area contributed by atoms with Gasteiger partial charge in [-0.3, -0.25) is 0 Å². The molecule has 0 saturated heterocycles. The Morgan fingerprint density at radius 3 is 2.29 bits per heavy atom. The summed E-state index contributed by atoms with van der Waals surface area (Å²) in [7, 11) is -3.18.